The number of ether oxygens (including phenoxy) is 3. The molecule has 0 aliphatic heterocycles. The number of benzene rings is 1. The highest BCUT2D eigenvalue weighted by Crippen LogP contribution is 2.32. The average Bonchev–Trinajstić information content (AvgIpc) is 2.36. The molecule has 0 amide bonds. The van der Waals surface area contributed by atoms with Crippen molar-refractivity contribution >= 4 is 15.9 Å². The Balaban J connectivity index is 2.78. The Bertz CT molecular complexity index is 385. The van der Waals surface area contributed by atoms with Gasteiger partial charge in [0.25, 0.3) is 0 Å². The zero-order valence-corrected chi connectivity index (χ0v) is 12.9. The van der Waals surface area contributed by atoms with E-state index >= 15 is 0 Å². The third kappa shape index (κ3) is 4.15. The third-order valence-corrected chi connectivity index (χ3v) is 3.34. The summed E-state index contributed by atoms with van der Waals surface area (Å²) in [6.45, 7) is 3.71. The van der Waals surface area contributed by atoms with Crippen molar-refractivity contribution in [1.82, 2.24) is 0 Å². The molecule has 5 heteroatoms. The predicted octanol–water partition coefficient (Wildman–Crippen LogP) is 1.56. The highest BCUT2D eigenvalue weighted by atomic mass is 79.9. The number of rotatable bonds is 7. The minimum Gasteiger partial charge on any atom is -0.496 e. The molecule has 18 heavy (non-hydrogen) atoms. The minimum absolute atomic E-state index is 0.417. The second-order valence-corrected chi connectivity index (χ2v) is 5.03. The standard InChI is InChI=1S/C13H20BrNO3/c1-9(8-16-2)15-7-10-5-11(14)13(18-4)6-12(10)17-3/h5-6,9,15H,7-8H2,1-4H3/p+1. The zero-order chi connectivity index (χ0) is 13.5. The lowest BCUT2D eigenvalue weighted by Gasteiger charge is -2.14. The number of hydrogen-bond acceptors (Lipinski definition) is 3. The van der Waals surface area contributed by atoms with Crippen molar-refractivity contribution in [3.63, 3.8) is 0 Å². The first-order valence-electron chi connectivity index (χ1n) is 5.85. The van der Waals surface area contributed by atoms with E-state index in [1.807, 2.05) is 12.1 Å². The van der Waals surface area contributed by atoms with Crippen LogP contribution in [-0.2, 0) is 11.3 Å². The number of nitrogens with two attached hydrogens (primary N) is 1. The van der Waals surface area contributed by atoms with Gasteiger partial charge in [-0.3, -0.25) is 0 Å². The van der Waals surface area contributed by atoms with Crippen LogP contribution in [0.4, 0.5) is 0 Å². The Morgan fingerprint density at radius 1 is 1.17 bits per heavy atom. The first kappa shape index (κ1) is 15.3. The molecule has 102 valence electrons. The molecule has 1 atom stereocenters. The van der Waals surface area contributed by atoms with Crippen molar-refractivity contribution in [2.45, 2.75) is 19.5 Å². The maximum absolute atomic E-state index is 5.38. The van der Waals surface area contributed by atoms with Crippen molar-refractivity contribution < 1.29 is 19.5 Å². The van der Waals surface area contributed by atoms with Crippen LogP contribution >= 0.6 is 15.9 Å². The van der Waals surface area contributed by atoms with Crippen LogP contribution < -0.4 is 14.8 Å². The number of methoxy groups -OCH3 is 3. The van der Waals surface area contributed by atoms with Gasteiger partial charge in [-0.25, -0.2) is 0 Å². The van der Waals surface area contributed by atoms with E-state index in [1.165, 1.54) is 0 Å². The van der Waals surface area contributed by atoms with Crippen molar-refractivity contribution in [3.05, 3.63) is 22.2 Å². The molecule has 2 N–H and O–H groups in total. The second-order valence-electron chi connectivity index (χ2n) is 4.17. The fourth-order valence-electron chi connectivity index (χ4n) is 1.74. The molecule has 0 aliphatic rings. The molecular formula is C13H21BrNO3+. The molecule has 0 bridgehead atoms. The molecular weight excluding hydrogens is 298 g/mol. The van der Waals surface area contributed by atoms with Crippen molar-refractivity contribution in [2.75, 3.05) is 27.9 Å². The minimum atomic E-state index is 0.417. The predicted molar refractivity (Wildman–Crippen MR) is 74.2 cm³/mol. The number of quaternary nitrogens is 1. The summed E-state index contributed by atoms with van der Waals surface area (Å²) in [7, 11) is 5.03. The SMILES string of the molecule is COCC(C)[NH2+]Cc1cc(Br)c(OC)cc1OC. The van der Waals surface area contributed by atoms with Gasteiger partial charge in [0.05, 0.1) is 25.3 Å². The average molecular weight is 319 g/mol. The van der Waals surface area contributed by atoms with E-state index in [0.717, 1.165) is 34.7 Å². The highest BCUT2D eigenvalue weighted by molar-refractivity contribution is 9.10. The van der Waals surface area contributed by atoms with Gasteiger partial charge in [0.2, 0.25) is 0 Å². The van der Waals surface area contributed by atoms with Crippen LogP contribution in [0.3, 0.4) is 0 Å². The van der Waals surface area contributed by atoms with Crippen LogP contribution in [-0.4, -0.2) is 34.0 Å². The Hall–Kier alpha value is -0.780. The van der Waals surface area contributed by atoms with E-state index in [2.05, 4.69) is 28.2 Å². The molecule has 1 aromatic carbocycles. The van der Waals surface area contributed by atoms with Crippen LogP contribution in [0, 0.1) is 0 Å². The van der Waals surface area contributed by atoms with Gasteiger partial charge in [-0.05, 0) is 28.9 Å². The molecule has 1 aromatic rings. The first-order valence-corrected chi connectivity index (χ1v) is 6.64. The van der Waals surface area contributed by atoms with Crippen LogP contribution in [0.25, 0.3) is 0 Å². The monoisotopic (exact) mass is 318 g/mol. The van der Waals surface area contributed by atoms with Crippen molar-refractivity contribution in [1.29, 1.82) is 0 Å². The van der Waals surface area contributed by atoms with Crippen LogP contribution in [0.15, 0.2) is 16.6 Å². The topological polar surface area (TPSA) is 44.3 Å². The normalized spacial score (nSPS) is 12.3. The summed E-state index contributed by atoms with van der Waals surface area (Å²) in [6.07, 6.45) is 0. The van der Waals surface area contributed by atoms with Gasteiger partial charge < -0.3 is 19.5 Å². The third-order valence-electron chi connectivity index (χ3n) is 2.72. The van der Waals surface area contributed by atoms with E-state index in [-0.39, 0.29) is 0 Å². The molecule has 1 rings (SSSR count). The Kier molecular flexibility index (Phi) is 6.46. The fourth-order valence-corrected chi connectivity index (χ4v) is 2.29. The maximum atomic E-state index is 5.38. The molecule has 0 saturated heterocycles. The molecule has 4 nitrogen and oxygen atoms in total. The lowest BCUT2D eigenvalue weighted by atomic mass is 10.1. The quantitative estimate of drug-likeness (QED) is 0.830. The first-order chi connectivity index (χ1) is 8.62. The van der Waals surface area contributed by atoms with Crippen LogP contribution in [0.1, 0.15) is 12.5 Å². The Labute approximate surface area is 117 Å². The van der Waals surface area contributed by atoms with Crippen LogP contribution in [0.5, 0.6) is 11.5 Å². The second kappa shape index (κ2) is 7.61. The van der Waals surface area contributed by atoms with Gasteiger partial charge >= 0.3 is 0 Å². The van der Waals surface area contributed by atoms with E-state index in [1.54, 1.807) is 21.3 Å². The zero-order valence-electron chi connectivity index (χ0n) is 11.3. The van der Waals surface area contributed by atoms with Gasteiger partial charge in [0.15, 0.2) is 0 Å². The lowest BCUT2D eigenvalue weighted by molar-refractivity contribution is -0.702. The lowest BCUT2D eigenvalue weighted by Crippen LogP contribution is -2.88. The van der Waals surface area contributed by atoms with Gasteiger partial charge in [0, 0.05) is 18.7 Å². The number of hydrogen-bond donors (Lipinski definition) is 1. The largest absolute Gasteiger partial charge is 0.496 e. The summed E-state index contributed by atoms with van der Waals surface area (Å²) in [5.74, 6) is 1.62. The summed E-state index contributed by atoms with van der Waals surface area (Å²) in [6, 6.07) is 4.35. The molecule has 0 saturated carbocycles. The van der Waals surface area contributed by atoms with Gasteiger partial charge in [0.1, 0.15) is 24.1 Å². The van der Waals surface area contributed by atoms with Crippen molar-refractivity contribution in [3.8, 4) is 11.5 Å². The molecule has 0 fully saturated rings. The van der Waals surface area contributed by atoms with E-state index in [4.69, 9.17) is 14.2 Å². The van der Waals surface area contributed by atoms with Crippen LogP contribution in [0.2, 0.25) is 0 Å². The summed E-state index contributed by atoms with van der Waals surface area (Å²) < 4.78 is 16.7. The Morgan fingerprint density at radius 2 is 1.83 bits per heavy atom. The maximum Gasteiger partial charge on any atom is 0.136 e. The van der Waals surface area contributed by atoms with E-state index < -0.39 is 0 Å². The van der Waals surface area contributed by atoms with E-state index in [0.29, 0.717) is 6.04 Å². The summed E-state index contributed by atoms with van der Waals surface area (Å²) in [4.78, 5) is 0. The van der Waals surface area contributed by atoms with Gasteiger partial charge in [-0.1, -0.05) is 0 Å². The summed E-state index contributed by atoms with van der Waals surface area (Å²) >= 11 is 3.49. The molecule has 0 heterocycles. The molecule has 0 spiro atoms. The summed E-state index contributed by atoms with van der Waals surface area (Å²) in [5, 5.41) is 2.22. The highest BCUT2D eigenvalue weighted by Gasteiger charge is 2.12. The molecule has 0 aromatic heterocycles. The molecule has 0 aliphatic carbocycles. The van der Waals surface area contributed by atoms with Gasteiger partial charge in [-0.15, -0.1) is 0 Å². The molecule has 0 radical (unpaired) electrons. The van der Waals surface area contributed by atoms with E-state index in [9.17, 15) is 0 Å². The van der Waals surface area contributed by atoms with Crippen molar-refractivity contribution in [2.24, 2.45) is 0 Å². The molecule has 1 unspecified atom stereocenters. The Morgan fingerprint density at radius 3 is 2.39 bits per heavy atom. The van der Waals surface area contributed by atoms with Gasteiger partial charge in [-0.2, -0.15) is 0 Å². The fraction of sp³-hybridized carbons (Fsp3) is 0.538. The number of halogens is 1. The summed E-state index contributed by atoms with van der Waals surface area (Å²) in [5.41, 5.74) is 1.13. The smallest absolute Gasteiger partial charge is 0.136 e.